The van der Waals surface area contributed by atoms with Gasteiger partial charge in [0.2, 0.25) is 0 Å². The first-order chi connectivity index (χ1) is 7.58. The maximum Gasteiger partial charge on any atom is 0.0667 e. The fourth-order valence-electron chi connectivity index (χ4n) is 1.77. The van der Waals surface area contributed by atoms with Gasteiger partial charge in [0.15, 0.2) is 0 Å². The van der Waals surface area contributed by atoms with Crippen LogP contribution < -0.4 is 5.32 Å². The van der Waals surface area contributed by atoms with Crippen LogP contribution in [0, 0.1) is 5.92 Å². The van der Waals surface area contributed by atoms with Crippen molar-refractivity contribution in [1.29, 1.82) is 0 Å². The van der Waals surface area contributed by atoms with Gasteiger partial charge < -0.3 is 10.4 Å². The normalized spacial score (nSPS) is 15.3. The van der Waals surface area contributed by atoms with E-state index in [1.165, 1.54) is 4.88 Å². The van der Waals surface area contributed by atoms with Gasteiger partial charge in [-0.25, -0.2) is 0 Å². The Bertz CT molecular complexity index is 271. The van der Waals surface area contributed by atoms with Crippen molar-refractivity contribution < 1.29 is 5.11 Å². The molecule has 0 saturated heterocycles. The Morgan fingerprint density at radius 2 is 2.12 bits per heavy atom. The number of hydrogen-bond acceptors (Lipinski definition) is 3. The van der Waals surface area contributed by atoms with E-state index in [-0.39, 0.29) is 6.10 Å². The van der Waals surface area contributed by atoms with Crippen molar-refractivity contribution in [1.82, 2.24) is 5.32 Å². The number of aliphatic hydroxyl groups is 1. The molecule has 0 aromatic carbocycles. The molecule has 92 valence electrons. The van der Waals surface area contributed by atoms with Gasteiger partial charge in [0.25, 0.3) is 0 Å². The molecule has 1 aromatic rings. The Hall–Kier alpha value is -0.380. The molecule has 0 spiro atoms. The van der Waals surface area contributed by atoms with E-state index in [1.807, 2.05) is 0 Å². The molecule has 0 fully saturated rings. The number of thiophene rings is 1. The van der Waals surface area contributed by atoms with Crippen LogP contribution in [-0.4, -0.2) is 23.8 Å². The summed E-state index contributed by atoms with van der Waals surface area (Å²) in [6, 6.07) is 4.67. The second kappa shape index (κ2) is 7.05. The van der Waals surface area contributed by atoms with Crippen LogP contribution >= 0.6 is 11.3 Å². The van der Waals surface area contributed by atoms with Gasteiger partial charge in [-0.2, -0.15) is 0 Å². The topological polar surface area (TPSA) is 32.3 Å². The third-order valence-corrected chi connectivity index (χ3v) is 3.43. The zero-order chi connectivity index (χ0) is 12.0. The maximum atomic E-state index is 9.73. The lowest BCUT2D eigenvalue weighted by Gasteiger charge is -2.17. The van der Waals surface area contributed by atoms with Crippen LogP contribution in [-0.2, 0) is 6.42 Å². The standard InChI is InChI=1S/C13H23NOS/c1-10(2)7-12(15)9-14-11(3)8-13-5-4-6-16-13/h4-6,10-12,14-15H,7-9H2,1-3H3. The largest absolute Gasteiger partial charge is 0.392 e. The van der Waals surface area contributed by atoms with E-state index in [1.54, 1.807) is 11.3 Å². The van der Waals surface area contributed by atoms with Crippen LogP contribution in [0.2, 0.25) is 0 Å². The predicted molar refractivity (Wildman–Crippen MR) is 70.9 cm³/mol. The highest BCUT2D eigenvalue weighted by Gasteiger charge is 2.09. The second-order valence-electron chi connectivity index (χ2n) is 4.88. The minimum Gasteiger partial charge on any atom is -0.392 e. The highest BCUT2D eigenvalue weighted by molar-refractivity contribution is 7.09. The maximum absolute atomic E-state index is 9.73. The lowest BCUT2D eigenvalue weighted by atomic mass is 10.1. The third-order valence-electron chi connectivity index (χ3n) is 2.53. The van der Waals surface area contributed by atoms with Crippen molar-refractivity contribution in [2.75, 3.05) is 6.54 Å². The van der Waals surface area contributed by atoms with E-state index >= 15 is 0 Å². The SMILES string of the molecule is CC(C)CC(O)CNC(C)Cc1cccs1. The average Bonchev–Trinajstić information content (AvgIpc) is 2.66. The van der Waals surface area contributed by atoms with E-state index in [4.69, 9.17) is 0 Å². The molecule has 0 aliphatic rings. The molecule has 1 heterocycles. The summed E-state index contributed by atoms with van der Waals surface area (Å²) in [6.45, 7) is 7.14. The lowest BCUT2D eigenvalue weighted by molar-refractivity contribution is 0.143. The monoisotopic (exact) mass is 241 g/mol. The molecular weight excluding hydrogens is 218 g/mol. The molecule has 2 unspecified atom stereocenters. The van der Waals surface area contributed by atoms with Crippen LogP contribution in [0.15, 0.2) is 17.5 Å². The molecule has 1 rings (SSSR count). The number of hydrogen-bond donors (Lipinski definition) is 2. The van der Waals surface area contributed by atoms with Crippen molar-refractivity contribution in [2.45, 2.75) is 45.8 Å². The van der Waals surface area contributed by atoms with Crippen molar-refractivity contribution in [3.05, 3.63) is 22.4 Å². The third kappa shape index (κ3) is 5.64. The van der Waals surface area contributed by atoms with Crippen LogP contribution in [0.3, 0.4) is 0 Å². The van der Waals surface area contributed by atoms with Gasteiger partial charge in [-0.3, -0.25) is 0 Å². The van der Waals surface area contributed by atoms with Crippen molar-refractivity contribution in [3.63, 3.8) is 0 Å². The molecule has 2 atom stereocenters. The Labute approximate surface area is 103 Å². The van der Waals surface area contributed by atoms with Crippen molar-refractivity contribution in [2.24, 2.45) is 5.92 Å². The van der Waals surface area contributed by atoms with Gasteiger partial charge in [0.05, 0.1) is 6.10 Å². The molecule has 2 nitrogen and oxygen atoms in total. The Balaban J connectivity index is 2.17. The molecule has 0 bridgehead atoms. The summed E-state index contributed by atoms with van der Waals surface area (Å²) >= 11 is 1.79. The first-order valence-electron chi connectivity index (χ1n) is 6.01. The molecule has 3 heteroatoms. The van der Waals surface area contributed by atoms with E-state index in [0.29, 0.717) is 18.5 Å². The summed E-state index contributed by atoms with van der Waals surface area (Å²) < 4.78 is 0. The number of rotatable bonds is 7. The molecule has 16 heavy (non-hydrogen) atoms. The molecule has 0 radical (unpaired) electrons. The minimum absolute atomic E-state index is 0.217. The smallest absolute Gasteiger partial charge is 0.0667 e. The van der Waals surface area contributed by atoms with E-state index in [0.717, 1.165) is 12.8 Å². The van der Waals surface area contributed by atoms with E-state index in [9.17, 15) is 5.11 Å². The Morgan fingerprint density at radius 3 is 2.69 bits per heavy atom. The molecular formula is C13H23NOS. The minimum atomic E-state index is -0.217. The fourth-order valence-corrected chi connectivity index (χ4v) is 2.60. The molecule has 2 N–H and O–H groups in total. The van der Waals surface area contributed by atoms with Gasteiger partial charge in [0.1, 0.15) is 0 Å². The first kappa shape index (κ1) is 13.7. The number of nitrogens with one attached hydrogen (secondary N) is 1. The van der Waals surface area contributed by atoms with Crippen molar-refractivity contribution in [3.8, 4) is 0 Å². The van der Waals surface area contributed by atoms with Crippen LogP contribution in [0.25, 0.3) is 0 Å². The summed E-state index contributed by atoms with van der Waals surface area (Å²) in [5.41, 5.74) is 0. The molecule has 0 aliphatic carbocycles. The summed E-state index contributed by atoms with van der Waals surface area (Å²) in [5.74, 6) is 0.560. The van der Waals surface area contributed by atoms with Gasteiger partial charge in [0, 0.05) is 17.5 Å². The quantitative estimate of drug-likeness (QED) is 0.769. The molecule has 0 amide bonds. The zero-order valence-corrected chi connectivity index (χ0v) is 11.3. The predicted octanol–water partition coefficient (Wildman–Crippen LogP) is 2.68. The summed E-state index contributed by atoms with van der Waals surface area (Å²) in [6.07, 6.45) is 1.70. The second-order valence-corrected chi connectivity index (χ2v) is 5.91. The summed E-state index contributed by atoms with van der Waals surface area (Å²) in [7, 11) is 0. The van der Waals surface area contributed by atoms with E-state index < -0.39 is 0 Å². The molecule has 0 aliphatic heterocycles. The number of aliphatic hydroxyl groups excluding tert-OH is 1. The van der Waals surface area contributed by atoms with Gasteiger partial charge in [-0.05, 0) is 37.1 Å². The van der Waals surface area contributed by atoms with Crippen molar-refractivity contribution >= 4 is 11.3 Å². The van der Waals surface area contributed by atoms with Crippen LogP contribution in [0.1, 0.15) is 32.1 Å². The highest BCUT2D eigenvalue weighted by atomic mass is 32.1. The van der Waals surface area contributed by atoms with Crippen LogP contribution in [0.4, 0.5) is 0 Å². The zero-order valence-electron chi connectivity index (χ0n) is 10.4. The molecule has 0 saturated carbocycles. The van der Waals surface area contributed by atoms with Crippen LogP contribution in [0.5, 0.6) is 0 Å². The Morgan fingerprint density at radius 1 is 1.38 bits per heavy atom. The molecule has 1 aromatic heterocycles. The Kier molecular flexibility index (Phi) is 6.03. The first-order valence-corrected chi connectivity index (χ1v) is 6.89. The van der Waals surface area contributed by atoms with Gasteiger partial charge in [-0.1, -0.05) is 19.9 Å². The highest BCUT2D eigenvalue weighted by Crippen LogP contribution is 2.11. The van der Waals surface area contributed by atoms with Gasteiger partial charge >= 0.3 is 0 Å². The fraction of sp³-hybridized carbons (Fsp3) is 0.692. The average molecular weight is 241 g/mol. The summed E-state index contributed by atoms with van der Waals surface area (Å²) in [5, 5.41) is 15.2. The lowest BCUT2D eigenvalue weighted by Crippen LogP contribution is -2.35. The summed E-state index contributed by atoms with van der Waals surface area (Å²) in [4.78, 5) is 1.40. The van der Waals surface area contributed by atoms with Gasteiger partial charge in [-0.15, -0.1) is 11.3 Å². The van der Waals surface area contributed by atoms with E-state index in [2.05, 4.69) is 43.6 Å².